The van der Waals surface area contributed by atoms with Gasteiger partial charge in [0.25, 0.3) is 0 Å². The number of aromatic carboxylic acids is 1. The predicted octanol–water partition coefficient (Wildman–Crippen LogP) is 2.76. The highest BCUT2D eigenvalue weighted by Crippen LogP contribution is 2.26. The van der Waals surface area contributed by atoms with E-state index in [1.165, 1.54) is 18.2 Å². The number of hydrogen-bond donors (Lipinski definition) is 1. The van der Waals surface area contributed by atoms with E-state index in [0.29, 0.717) is 0 Å². The average molecular weight is 269 g/mol. The van der Waals surface area contributed by atoms with E-state index in [4.69, 9.17) is 21.4 Å². The second-order valence-electron chi connectivity index (χ2n) is 3.21. The smallest absolute Gasteiger partial charge is 0.338 e. The highest BCUT2D eigenvalue weighted by atomic mass is 35.5. The van der Waals surface area contributed by atoms with Crippen LogP contribution in [0.5, 0.6) is 11.8 Å². The van der Waals surface area contributed by atoms with Crippen molar-refractivity contribution in [2.24, 2.45) is 0 Å². The number of halogens is 2. The van der Waals surface area contributed by atoms with Gasteiger partial charge in [0, 0.05) is 12.4 Å². The van der Waals surface area contributed by atoms with Crippen molar-refractivity contribution in [3.8, 4) is 11.8 Å². The van der Waals surface area contributed by atoms with Crippen molar-refractivity contribution in [3.63, 3.8) is 0 Å². The Bertz CT molecular complexity index is 589. The number of carboxylic acid groups (broad SMARTS) is 1. The lowest BCUT2D eigenvalue weighted by atomic mass is 10.3. The molecule has 0 amide bonds. The maximum Gasteiger partial charge on any atom is 0.338 e. The summed E-state index contributed by atoms with van der Waals surface area (Å²) in [6, 6.07) is 4.07. The van der Waals surface area contributed by atoms with Crippen molar-refractivity contribution >= 4 is 17.6 Å². The molecule has 7 heteroatoms. The van der Waals surface area contributed by atoms with Crippen molar-refractivity contribution in [3.05, 3.63) is 47.0 Å². The Morgan fingerprint density at radius 1 is 1.33 bits per heavy atom. The first-order valence-electron chi connectivity index (χ1n) is 4.75. The highest BCUT2D eigenvalue weighted by molar-refractivity contribution is 6.30. The third-order valence-corrected chi connectivity index (χ3v) is 2.28. The summed E-state index contributed by atoms with van der Waals surface area (Å²) in [5.41, 5.74) is -0.0890. The molecule has 92 valence electrons. The summed E-state index contributed by atoms with van der Waals surface area (Å²) in [6.07, 6.45) is 2.13. The highest BCUT2D eigenvalue weighted by Gasteiger charge is 2.10. The molecule has 0 radical (unpaired) electrons. The SMILES string of the molecule is O=C(O)c1cnc(Oc2cccc(Cl)c2F)nc1. The van der Waals surface area contributed by atoms with Crippen molar-refractivity contribution in [2.75, 3.05) is 0 Å². The molecule has 18 heavy (non-hydrogen) atoms. The van der Waals surface area contributed by atoms with Gasteiger partial charge < -0.3 is 9.84 Å². The minimum absolute atomic E-state index is 0.0883. The van der Waals surface area contributed by atoms with Gasteiger partial charge in [0.15, 0.2) is 11.6 Å². The summed E-state index contributed by atoms with van der Waals surface area (Å²) in [4.78, 5) is 17.9. The van der Waals surface area contributed by atoms with Gasteiger partial charge in [-0.1, -0.05) is 17.7 Å². The van der Waals surface area contributed by atoms with Gasteiger partial charge in [-0.25, -0.2) is 19.2 Å². The maximum absolute atomic E-state index is 13.5. The molecule has 0 bridgehead atoms. The van der Waals surface area contributed by atoms with Crippen molar-refractivity contribution < 1.29 is 19.0 Å². The first-order valence-corrected chi connectivity index (χ1v) is 5.13. The van der Waals surface area contributed by atoms with Crippen LogP contribution in [0.3, 0.4) is 0 Å². The molecule has 0 fully saturated rings. The number of benzene rings is 1. The van der Waals surface area contributed by atoms with E-state index >= 15 is 0 Å². The van der Waals surface area contributed by atoms with Gasteiger partial charge in [-0.2, -0.15) is 0 Å². The second-order valence-corrected chi connectivity index (χ2v) is 3.62. The molecule has 1 aromatic heterocycles. The van der Waals surface area contributed by atoms with Crippen LogP contribution in [0.4, 0.5) is 4.39 Å². The van der Waals surface area contributed by atoms with Gasteiger partial charge in [0.1, 0.15) is 0 Å². The molecule has 0 aliphatic carbocycles. The number of hydrogen-bond acceptors (Lipinski definition) is 4. The fourth-order valence-corrected chi connectivity index (χ4v) is 1.31. The van der Waals surface area contributed by atoms with Gasteiger partial charge in [-0.15, -0.1) is 0 Å². The molecule has 0 unspecified atom stereocenters. The van der Waals surface area contributed by atoms with Crippen LogP contribution in [0, 0.1) is 5.82 Å². The molecule has 0 saturated carbocycles. The van der Waals surface area contributed by atoms with Crippen LogP contribution in [0.1, 0.15) is 10.4 Å². The van der Waals surface area contributed by atoms with E-state index in [1.54, 1.807) is 0 Å². The Labute approximate surface area is 106 Å². The van der Waals surface area contributed by atoms with Crippen LogP contribution in [-0.2, 0) is 0 Å². The van der Waals surface area contributed by atoms with E-state index in [2.05, 4.69) is 9.97 Å². The topological polar surface area (TPSA) is 72.3 Å². The monoisotopic (exact) mass is 268 g/mol. The molecule has 0 aliphatic heterocycles. The summed E-state index contributed by atoms with van der Waals surface area (Å²) in [6.45, 7) is 0. The quantitative estimate of drug-likeness (QED) is 0.927. The lowest BCUT2D eigenvalue weighted by Crippen LogP contribution is -2.00. The Morgan fingerprint density at radius 2 is 2.00 bits per heavy atom. The summed E-state index contributed by atoms with van der Waals surface area (Å²) in [5.74, 6) is -2.02. The van der Waals surface area contributed by atoms with Crippen LogP contribution in [0.25, 0.3) is 0 Å². The minimum atomic E-state index is -1.16. The summed E-state index contributed by atoms with van der Waals surface area (Å²) in [5, 5.41) is 8.56. The van der Waals surface area contributed by atoms with E-state index in [1.807, 2.05) is 0 Å². The van der Waals surface area contributed by atoms with Crippen molar-refractivity contribution in [1.29, 1.82) is 0 Å². The lowest BCUT2D eigenvalue weighted by molar-refractivity contribution is 0.0696. The number of carboxylic acids is 1. The van der Waals surface area contributed by atoms with Crippen LogP contribution in [0.2, 0.25) is 5.02 Å². The Hall–Kier alpha value is -2.21. The molecule has 1 aromatic carbocycles. The minimum Gasteiger partial charge on any atom is -0.478 e. The predicted molar refractivity (Wildman–Crippen MR) is 60.5 cm³/mol. The largest absolute Gasteiger partial charge is 0.478 e. The van der Waals surface area contributed by atoms with Crippen LogP contribution in [-0.4, -0.2) is 21.0 Å². The summed E-state index contributed by atoms with van der Waals surface area (Å²) < 4.78 is 18.5. The summed E-state index contributed by atoms with van der Waals surface area (Å²) in [7, 11) is 0. The van der Waals surface area contributed by atoms with Gasteiger partial charge in [0.2, 0.25) is 0 Å². The van der Waals surface area contributed by atoms with Crippen molar-refractivity contribution in [2.45, 2.75) is 0 Å². The molecule has 0 spiro atoms. The normalized spacial score (nSPS) is 10.1. The molecule has 0 atom stereocenters. The van der Waals surface area contributed by atoms with E-state index in [9.17, 15) is 9.18 Å². The zero-order valence-corrected chi connectivity index (χ0v) is 9.56. The lowest BCUT2D eigenvalue weighted by Gasteiger charge is -2.05. The molecule has 0 aliphatic rings. The first-order chi connectivity index (χ1) is 8.58. The van der Waals surface area contributed by atoms with Gasteiger partial charge in [0.05, 0.1) is 10.6 Å². The number of carbonyl (C=O) groups is 1. The fourth-order valence-electron chi connectivity index (χ4n) is 1.14. The molecule has 0 saturated heterocycles. The number of aromatic nitrogens is 2. The van der Waals surface area contributed by atoms with E-state index in [-0.39, 0.29) is 22.3 Å². The molecular weight excluding hydrogens is 263 g/mol. The van der Waals surface area contributed by atoms with Crippen molar-refractivity contribution in [1.82, 2.24) is 9.97 Å². The zero-order valence-electron chi connectivity index (χ0n) is 8.80. The molecule has 2 aromatic rings. The van der Waals surface area contributed by atoms with Gasteiger partial charge in [-0.05, 0) is 12.1 Å². The molecule has 5 nitrogen and oxygen atoms in total. The third kappa shape index (κ3) is 2.54. The summed E-state index contributed by atoms with van der Waals surface area (Å²) >= 11 is 5.57. The Morgan fingerprint density at radius 3 is 2.61 bits per heavy atom. The first kappa shape index (κ1) is 12.3. The molecule has 1 heterocycles. The van der Waals surface area contributed by atoms with E-state index in [0.717, 1.165) is 12.4 Å². The van der Waals surface area contributed by atoms with E-state index < -0.39 is 11.8 Å². The molecule has 2 rings (SSSR count). The number of nitrogens with zero attached hydrogens (tertiary/aromatic N) is 2. The fraction of sp³-hybridized carbons (Fsp3) is 0. The standard InChI is InChI=1S/C11H6ClFN2O3/c12-7-2-1-3-8(9(7)13)18-11-14-4-6(5-15-11)10(16)17/h1-5H,(H,16,17). The van der Waals surface area contributed by atoms with Crippen LogP contribution >= 0.6 is 11.6 Å². The van der Waals surface area contributed by atoms with Gasteiger partial charge in [-0.3, -0.25) is 0 Å². The second kappa shape index (κ2) is 4.97. The zero-order chi connectivity index (χ0) is 13.1. The Balaban J connectivity index is 2.24. The average Bonchev–Trinajstić information content (AvgIpc) is 2.36. The number of ether oxygens (including phenoxy) is 1. The van der Waals surface area contributed by atoms with Gasteiger partial charge >= 0.3 is 12.0 Å². The molecular formula is C11H6ClFN2O3. The molecule has 1 N–H and O–H groups in total. The van der Waals surface area contributed by atoms with Crippen LogP contribution in [0.15, 0.2) is 30.6 Å². The maximum atomic E-state index is 13.5. The van der Waals surface area contributed by atoms with Crippen LogP contribution < -0.4 is 4.74 Å². The third-order valence-electron chi connectivity index (χ3n) is 1.99. The Kier molecular flexibility index (Phi) is 3.38. The number of rotatable bonds is 3.